The molecule has 190 valence electrons. The quantitative estimate of drug-likeness (QED) is 0.0993. The monoisotopic (exact) mass is 484 g/mol. The predicted molar refractivity (Wildman–Crippen MR) is 103 cm³/mol. The highest BCUT2D eigenvalue weighted by Crippen LogP contribution is 2.55. The van der Waals surface area contributed by atoms with Gasteiger partial charge in [0.15, 0.2) is 0 Å². The van der Waals surface area contributed by atoms with E-state index in [2.05, 4.69) is 11.3 Å². The lowest BCUT2D eigenvalue weighted by atomic mass is 9.93. The number of hydrogen-bond donors (Lipinski definition) is 1. The zero-order valence-electron chi connectivity index (χ0n) is 18.2. The molecule has 11 heteroatoms. The van der Waals surface area contributed by atoms with E-state index >= 15 is 0 Å². The topological polar surface area (TPSA) is 46.5 Å². The maximum atomic E-state index is 13.8. The summed E-state index contributed by atoms with van der Waals surface area (Å²) in [4.78, 5) is 11.7. The van der Waals surface area contributed by atoms with Gasteiger partial charge in [-0.05, 0) is 32.1 Å². The Morgan fingerprint density at radius 3 is 1.78 bits per heavy atom. The first-order valence-electron chi connectivity index (χ1n) is 10.6. The summed E-state index contributed by atoms with van der Waals surface area (Å²) in [6.45, 7) is 4.28. The Balaban J connectivity index is 4.71. The molecule has 0 unspecified atom stereocenters. The Morgan fingerprint density at radius 2 is 1.28 bits per heavy atom. The summed E-state index contributed by atoms with van der Waals surface area (Å²) in [5.74, 6) is -24.2. The maximum Gasteiger partial charge on any atom is 0.378 e. The standard InChI is InChI=1S/C21H32F8O3/c1-3-4-8-12-18(22,23)20(26,27)21(28,29)19(24,25)13-10-15-32-17(31)16(2)11-7-5-6-9-14-30/h30H,2-15H2,1H3. The van der Waals surface area contributed by atoms with Gasteiger partial charge in [0, 0.05) is 25.0 Å². The van der Waals surface area contributed by atoms with Gasteiger partial charge >= 0.3 is 29.7 Å². The van der Waals surface area contributed by atoms with Crippen LogP contribution in [-0.2, 0) is 9.53 Å². The number of alkyl halides is 8. The van der Waals surface area contributed by atoms with Crippen molar-refractivity contribution in [1.82, 2.24) is 0 Å². The second-order valence-corrected chi connectivity index (χ2v) is 7.75. The van der Waals surface area contributed by atoms with Gasteiger partial charge in [-0.3, -0.25) is 0 Å². The predicted octanol–water partition coefficient (Wildman–Crippen LogP) is 6.93. The zero-order chi connectivity index (χ0) is 25.1. The van der Waals surface area contributed by atoms with Crippen LogP contribution in [0.5, 0.6) is 0 Å². The van der Waals surface area contributed by atoms with Crippen LogP contribution < -0.4 is 0 Å². The molecule has 0 heterocycles. The largest absolute Gasteiger partial charge is 0.462 e. The Labute approximate surface area is 183 Å². The fraction of sp³-hybridized carbons (Fsp3) is 0.857. The Hall–Kier alpha value is -1.39. The summed E-state index contributed by atoms with van der Waals surface area (Å²) in [5.41, 5.74) is 0.0179. The smallest absolute Gasteiger partial charge is 0.378 e. The van der Waals surface area contributed by atoms with Crippen molar-refractivity contribution in [3.63, 3.8) is 0 Å². The molecule has 0 aromatic heterocycles. The van der Waals surface area contributed by atoms with Gasteiger partial charge in [0.05, 0.1) is 6.61 Å². The summed E-state index contributed by atoms with van der Waals surface area (Å²) in [5, 5.41) is 8.65. The molecule has 0 saturated carbocycles. The molecule has 0 fully saturated rings. The second-order valence-electron chi connectivity index (χ2n) is 7.75. The lowest BCUT2D eigenvalue weighted by Gasteiger charge is -2.37. The number of aliphatic hydroxyl groups excluding tert-OH is 1. The van der Waals surface area contributed by atoms with Crippen LogP contribution in [0.3, 0.4) is 0 Å². The molecule has 0 spiro atoms. The van der Waals surface area contributed by atoms with Crippen LogP contribution in [0.4, 0.5) is 35.1 Å². The number of rotatable bonds is 18. The SMILES string of the molecule is C=C(CCCCCCO)C(=O)OCCCC(F)(F)C(F)(F)C(F)(F)C(F)(F)CCCCC. The van der Waals surface area contributed by atoms with E-state index in [0.29, 0.717) is 25.7 Å². The van der Waals surface area contributed by atoms with Crippen LogP contribution in [0.1, 0.15) is 77.6 Å². The minimum Gasteiger partial charge on any atom is -0.462 e. The number of esters is 1. The first kappa shape index (κ1) is 30.6. The Kier molecular flexibility index (Phi) is 12.8. The van der Waals surface area contributed by atoms with E-state index in [9.17, 15) is 39.9 Å². The van der Waals surface area contributed by atoms with Crippen LogP contribution in [-0.4, -0.2) is 48.0 Å². The first-order valence-corrected chi connectivity index (χ1v) is 10.6. The number of hydrogen-bond acceptors (Lipinski definition) is 3. The van der Waals surface area contributed by atoms with Gasteiger partial charge in [-0.2, -0.15) is 35.1 Å². The fourth-order valence-electron chi connectivity index (χ4n) is 2.84. The number of aliphatic hydroxyl groups is 1. The van der Waals surface area contributed by atoms with E-state index in [-0.39, 0.29) is 25.0 Å². The third-order valence-corrected chi connectivity index (χ3v) is 4.95. The number of ether oxygens (including phenoxy) is 1. The van der Waals surface area contributed by atoms with Gasteiger partial charge in [-0.1, -0.05) is 39.2 Å². The molecule has 0 bridgehead atoms. The van der Waals surface area contributed by atoms with E-state index in [1.54, 1.807) is 6.92 Å². The van der Waals surface area contributed by atoms with E-state index < -0.39 is 61.9 Å². The summed E-state index contributed by atoms with van der Waals surface area (Å²) in [7, 11) is 0. The molecule has 0 aromatic rings. The van der Waals surface area contributed by atoms with Crippen molar-refractivity contribution < 1.29 is 49.8 Å². The summed E-state index contributed by atoms with van der Waals surface area (Å²) < 4.78 is 115. The van der Waals surface area contributed by atoms with E-state index in [1.807, 2.05) is 0 Å². The third kappa shape index (κ3) is 8.51. The van der Waals surface area contributed by atoms with Crippen molar-refractivity contribution in [2.45, 2.75) is 101 Å². The number of halogens is 8. The van der Waals surface area contributed by atoms with Gasteiger partial charge in [0.25, 0.3) is 0 Å². The minimum absolute atomic E-state index is 0.0179. The van der Waals surface area contributed by atoms with Crippen LogP contribution in [0.2, 0.25) is 0 Å². The van der Waals surface area contributed by atoms with E-state index in [1.165, 1.54) is 0 Å². The molecule has 0 aliphatic rings. The van der Waals surface area contributed by atoms with Crippen LogP contribution in [0.25, 0.3) is 0 Å². The third-order valence-electron chi connectivity index (χ3n) is 4.95. The number of carbonyl (C=O) groups excluding carboxylic acids is 1. The molecule has 0 aliphatic carbocycles. The van der Waals surface area contributed by atoms with Crippen LogP contribution >= 0.6 is 0 Å². The highest BCUT2D eigenvalue weighted by atomic mass is 19.4. The molecule has 3 nitrogen and oxygen atoms in total. The summed E-state index contributed by atoms with van der Waals surface area (Å²) >= 11 is 0. The summed E-state index contributed by atoms with van der Waals surface area (Å²) in [6, 6.07) is 0. The van der Waals surface area contributed by atoms with Crippen molar-refractivity contribution in [2.24, 2.45) is 0 Å². The Bertz CT molecular complexity index is 579. The van der Waals surface area contributed by atoms with Gasteiger partial charge in [0.1, 0.15) is 0 Å². The van der Waals surface area contributed by atoms with Crippen molar-refractivity contribution in [1.29, 1.82) is 0 Å². The minimum atomic E-state index is -6.29. The van der Waals surface area contributed by atoms with Crippen molar-refractivity contribution in [3.8, 4) is 0 Å². The molecule has 0 rings (SSSR count). The molecule has 0 aromatic carbocycles. The Morgan fingerprint density at radius 1 is 0.781 bits per heavy atom. The fourth-order valence-corrected chi connectivity index (χ4v) is 2.84. The lowest BCUT2D eigenvalue weighted by Crippen LogP contribution is -2.62. The molecule has 0 radical (unpaired) electrons. The molecule has 0 amide bonds. The van der Waals surface area contributed by atoms with Crippen molar-refractivity contribution >= 4 is 5.97 Å². The lowest BCUT2D eigenvalue weighted by molar-refractivity contribution is -0.368. The van der Waals surface area contributed by atoms with Gasteiger partial charge < -0.3 is 9.84 Å². The summed E-state index contributed by atoms with van der Waals surface area (Å²) in [6.07, 6.45) is -1.73. The second kappa shape index (κ2) is 13.3. The zero-order valence-corrected chi connectivity index (χ0v) is 18.2. The molecular weight excluding hydrogens is 452 g/mol. The van der Waals surface area contributed by atoms with E-state index in [4.69, 9.17) is 5.11 Å². The normalized spacial score (nSPS) is 13.3. The van der Waals surface area contributed by atoms with Crippen LogP contribution in [0.15, 0.2) is 12.2 Å². The first-order chi connectivity index (χ1) is 14.7. The number of unbranched alkanes of at least 4 members (excludes halogenated alkanes) is 5. The van der Waals surface area contributed by atoms with E-state index in [0.717, 1.165) is 6.42 Å². The molecular formula is C21H32F8O3. The highest BCUT2D eigenvalue weighted by Gasteiger charge is 2.79. The van der Waals surface area contributed by atoms with Crippen molar-refractivity contribution in [2.75, 3.05) is 13.2 Å². The molecule has 32 heavy (non-hydrogen) atoms. The molecule has 0 saturated heterocycles. The molecule has 0 aliphatic heterocycles. The van der Waals surface area contributed by atoms with Gasteiger partial charge in [-0.25, -0.2) is 4.79 Å². The number of carbonyl (C=O) groups is 1. The van der Waals surface area contributed by atoms with Gasteiger partial charge in [-0.15, -0.1) is 0 Å². The molecule has 0 atom stereocenters. The average molecular weight is 484 g/mol. The average Bonchev–Trinajstić information content (AvgIpc) is 2.70. The van der Waals surface area contributed by atoms with Crippen LogP contribution in [0, 0.1) is 0 Å². The highest BCUT2D eigenvalue weighted by molar-refractivity contribution is 5.87. The van der Waals surface area contributed by atoms with Crippen molar-refractivity contribution in [3.05, 3.63) is 12.2 Å². The van der Waals surface area contributed by atoms with Gasteiger partial charge in [0.2, 0.25) is 0 Å². The maximum absolute atomic E-state index is 13.8. The molecule has 1 N–H and O–H groups in total.